The van der Waals surface area contributed by atoms with Gasteiger partial charge in [0.15, 0.2) is 0 Å². The second kappa shape index (κ2) is 3.42. The molecule has 0 aromatic heterocycles. The number of benzene rings is 1. The molecule has 66 valence electrons. The van der Waals surface area contributed by atoms with E-state index in [2.05, 4.69) is 0 Å². The average Bonchev–Trinajstić information content (AvgIpc) is 2.08. The number of aliphatic hydroxyl groups excluding tert-OH is 2. The minimum Gasteiger partial charge on any atom is -0.508 e. The molecule has 12 heavy (non-hydrogen) atoms. The van der Waals surface area contributed by atoms with E-state index in [1.54, 1.807) is 0 Å². The number of hydrogen-bond acceptors (Lipinski definition) is 4. The maximum atomic E-state index is 9.21. The lowest BCUT2D eigenvalue weighted by Gasteiger charge is -2.09. The summed E-state index contributed by atoms with van der Waals surface area (Å²) in [7, 11) is 0. The van der Waals surface area contributed by atoms with E-state index in [0.29, 0.717) is 5.69 Å². The Bertz CT molecular complexity index is 275. The summed E-state index contributed by atoms with van der Waals surface area (Å²) >= 11 is 0. The minimum absolute atomic E-state index is 0.0641. The van der Waals surface area contributed by atoms with Crippen LogP contribution in [0.4, 0.5) is 5.69 Å². The number of aliphatic hydroxyl groups is 2. The molecule has 1 rings (SSSR count). The zero-order chi connectivity index (χ0) is 9.14. The number of hydrogen-bond donors (Lipinski definition) is 4. The molecule has 4 nitrogen and oxygen atoms in total. The Morgan fingerprint density at radius 2 is 2.08 bits per heavy atom. The monoisotopic (exact) mass is 169 g/mol. The molecule has 0 radical (unpaired) electrons. The zero-order valence-electron chi connectivity index (χ0n) is 6.44. The molecule has 0 saturated carbocycles. The Morgan fingerprint density at radius 3 is 2.67 bits per heavy atom. The van der Waals surface area contributed by atoms with Gasteiger partial charge in [-0.25, -0.2) is 0 Å². The third kappa shape index (κ3) is 1.66. The molecule has 5 N–H and O–H groups in total. The van der Waals surface area contributed by atoms with Crippen molar-refractivity contribution in [3.8, 4) is 5.75 Å². The van der Waals surface area contributed by atoms with E-state index in [-0.39, 0.29) is 11.3 Å². The normalized spacial score (nSPS) is 12.8. The molecular weight excluding hydrogens is 158 g/mol. The van der Waals surface area contributed by atoms with Crippen molar-refractivity contribution >= 4 is 5.69 Å². The van der Waals surface area contributed by atoms with E-state index >= 15 is 0 Å². The Hall–Kier alpha value is -1.26. The second-order valence-corrected chi connectivity index (χ2v) is 2.52. The maximum Gasteiger partial charge on any atom is 0.121 e. The van der Waals surface area contributed by atoms with Crippen molar-refractivity contribution in [3.63, 3.8) is 0 Å². The first-order valence-electron chi connectivity index (χ1n) is 3.52. The summed E-state index contributed by atoms with van der Waals surface area (Å²) < 4.78 is 0. The number of rotatable bonds is 2. The lowest BCUT2D eigenvalue weighted by atomic mass is 10.1. The first-order valence-corrected chi connectivity index (χ1v) is 3.52. The third-order valence-electron chi connectivity index (χ3n) is 1.58. The number of anilines is 1. The lowest BCUT2D eigenvalue weighted by Crippen LogP contribution is -2.03. The van der Waals surface area contributed by atoms with Crippen molar-refractivity contribution in [1.29, 1.82) is 0 Å². The van der Waals surface area contributed by atoms with E-state index in [4.69, 9.17) is 15.9 Å². The summed E-state index contributed by atoms with van der Waals surface area (Å²) in [5.74, 6) is -0.0641. The van der Waals surface area contributed by atoms with Gasteiger partial charge in [0.05, 0.1) is 6.61 Å². The fraction of sp³-hybridized carbons (Fsp3) is 0.250. The fourth-order valence-electron chi connectivity index (χ4n) is 0.938. The standard InChI is InChI=1S/C8H11NO3/c9-5-1-2-7(11)6(3-5)8(12)4-10/h1-3,8,10-12H,4,9H2. The lowest BCUT2D eigenvalue weighted by molar-refractivity contribution is 0.0935. The Kier molecular flexibility index (Phi) is 2.52. The second-order valence-electron chi connectivity index (χ2n) is 2.52. The zero-order valence-corrected chi connectivity index (χ0v) is 6.44. The van der Waals surface area contributed by atoms with Crippen LogP contribution in [0.5, 0.6) is 5.75 Å². The maximum absolute atomic E-state index is 9.21. The SMILES string of the molecule is Nc1ccc(O)c(C(O)CO)c1. The Morgan fingerprint density at radius 1 is 1.42 bits per heavy atom. The summed E-state index contributed by atoms with van der Waals surface area (Å²) in [5, 5.41) is 27.0. The van der Waals surface area contributed by atoms with E-state index in [1.165, 1.54) is 18.2 Å². The average molecular weight is 169 g/mol. The highest BCUT2D eigenvalue weighted by Gasteiger charge is 2.10. The summed E-state index contributed by atoms with van der Waals surface area (Å²) in [6, 6.07) is 4.32. The van der Waals surface area contributed by atoms with Crippen LogP contribution >= 0.6 is 0 Å². The molecule has 0 saturated heterocycles. The molecule has 0 aliphatic carbocycles. The van der Waals surface area contributed by atoms with Crippen LogP contribution in [0.1, 0.15) is 11.7 Å². The van der Waals surface area contributed by atoms with Gasteiger partial charge in [-0.3, -0.25) is 0 Å². The molecule has 0 aliphatic rings. The number of phenolic OH excluding ortho intramolecular Hbond substituents is 1. The molecule has 0 heterocycles. The van der Waals surface area contributed by atoms with Crippen LogP contribution in [-0.4, -0.2) is 21.9 Å². The van der Waals surface area contributed by atoms with Crippen LogP contribution in [0, 0.1) is 0 Å². The Labute approximate surface area is 69.9 Å². The predicted molar refractivity (Wildman–Crippen MR) is 44.6 cm³/mol. The van der Waals surface area contributed by atoms with Crippen LogP contribution < -0.4 is 5.73 Å². The van der Waals surface area contributed by atoms with Gasteiger partial charge in [-0.05, 0) is 18.2 Å². The highest BCUT2D eigenvalue weighted by molar-refractivity contribution is 5.48. The molecule has 1 atom stereocenters. The molecule has 4 heteroatoms. The van der Waals surface area contributed by atoms with E-state index in [9.17, 15) is 5.11 Å². The van der Waals surface area contributed by atoms with Crippen LogP contribution in [0.3, 0.4) is 0 Å². The summed E-state index contributed by atoms with van der Waals surface area (Å²) in [5.41, 5.74) is 6.10. The van der Waals surface area contributed by atoms with Gasteiger partial charge >= 0.3 is 0 Å². The summed E-state index contributed by atoms with van der Waals surface area (Å²) in [4.78, 5) is 0. The van der Waals surface area contributed by atoms with Crippen molar-refractivity contribution < 1.29 is 15.3 Å². The molecule has 0 fully saturated rings. The van der Waals surface area contributed by atoms with Gasteiger partial charge in [-0.2, -0.15) is 0 Å². The van der Waals surface area contributed by atoms with Gasteiger partial charge in [0.25, 0.3) is 0 Å². The fourth-order valence-corrected chi connectivity index (χ4v) is 0.938. The highest BCUT2D eigenvalue weighted by Crippen LogP contribution is 2.25. The van der Waals surface area contributed by atoms with Crippen LogP contribution in [0.25, 0.3) is 0 Å². The largest absolute Gasteiger partial charge is 0.508 e. The number of phenols is 1. The third-order valence-corrected chi connectivity index (χ3v) is 1.58. The molecule has 1 unspecified atom stereocenters. The van der Waals surface area contributed by atoms with Gasteiger partial charge in [0, 0.05) is 11.3 Å². The minimum atomic E-state index is -1.08. The van der Waals surface area contributed by atoms with Crippen molar-refractivity contribution in [2.75, 3.05) is 12.3 Å². The number of nitrogens with two attached hydrogens (primary N) is 1. The van der Waals surface area contributed by atoms with E-state index < -0.39 is 12.7 Å². The molecule has 0 spiro atoms. The van der Waals surface area contributed by atoms with Gasteiger partial charge in [0.2, 0.25) is 0 Å². The van der Waals surface area contributed by atoms with Crippen LogP contribution in [-0.2, 0) is 0 Å². The topological polar surface area (TPSA) is 86.7 Å². The smallest absolute Gasteiger partial charge is 0.121 e. The van der Waals surface area contributed by atoms with Gasteiger partial charge in [0.1, 0.15) is 11.9 Å². The first-order chi connectivity index (χ1) is 5.65. The van der Waals surface area contributed by atoms with Crippen molar-refractivity contribution in [1.82, 2.24) is 0 Å². The quantitative estimate of drug-likeness (QED) is 0.371. The van der Waals surface area contributed by atoms with E-state index in [0.717, 1.165) is 0 Å². The van der Waals surface area contributed by atoms with Gasteiger partial charge < -0.3 is 21.1 Å². The molecule has 1 aromatic carbocycles. The van der Waals surface area contributed by atoms with Gasteiger partial charge in [-0.15, -0.1) is 0 Å². The van der Waals surface area contributed by atoms with Gasteiger partial charge in [-0.1, -0.05) is 0 Å². The van der Waals surface area contributed by atoms with Crippen LogP contribution in [0.15, 0.2) is 18.2 Å². The molecule has 0 aliphatic heterocycles. The van der Waals surface area contributed by atoms with Crippen molar-refractivity contribution in [2.45, 2.75) is 6.10 Å². The van der Waals surface area contributed by atoms with E-state index in [1.807, 2.05) is 0 Å². The number of nitrogen functional groups attached to an aromatic ring is 1. The number of aromatic hydroxyl groups is 1. The highest BCUT2D eigenvalue weighted by atomic mass is 16.3. The van der Waals surface area contributed by atoms with Crippen LogP contribution in [0.2, 0.25) is 0 Å². The summed E-state index contributed by atoms with van der Waals surface area (Å²) in [6.07, 6.45) is -1.08. The molecule has 1 aromatic rings. The molecule has 0 amide bonds. The molecule has 0 bridgehead atoms. The Balaban J connectivity index is 3.04. The predicted octanol–water partition coefficient (Wildman–Crippen LogP) is 0.000100. The summed E-state index contributed by atoms with van der Waals surface area (Å²) in [6.45, 7) is -0.434. The molecular formula is C8H11NO3. The van der Waals surface area contributed by atoms with Crippen molar-refractivity contribution in [3.05, 3.63) is 23.8 Å². The van der Waals surface area contributed by atoms with Crippen molar-refractivity contribution in [2.24, 2.45) is 0 Å². The first kappa shape index (κ1) is 8.83.